The monoisotopic (exact) mass is 296 g/mol. The van der Waals surface area contributed by atoms with Crippen molar-refractivity contribution in [1.82, 2.24) is 4.98 Å². The van der Waals surface area contributed by atoms with E-state index < -0.39 is 41.7 Å². The standard InChI is InChI=1S/C8H4F8N2O/c9-6(10)3-4(17)2(19-8(14,15)16)1-18-5(3)7(11,12)13/h1,6H,(H2,17,18). The predicted octanol–water partition coefficient (Wildman–Crippen LogP) is 3.52. The number of halogens is 8. The van der Waals surface area contributed by atoms with Crippen LogP contribution in [0.3, 0.4) is 0 Å². The van der Waals surface area contributed by atoms with Gasteiger partial charge in [-0.05, 0) is 0 Å². The van der Waals surface area contributed by atoms with Gasteiger partial charge in [0.2, 0.25) is 0 Å². The van der Waals surface area contributed by atoms with Crippen molar-refractivity contribution >= 4 is 5.69 Å². The minimum Gasteiger partial charge on any atom is -0.402 e. The molecule has 108 valence electrons. The van der Waals surface area contributed by atoms with Gasteiger partial charge in [0.15, 0.2) is 11.4 Å². The number of hydrogen-bond donors (Lipinski definition) is 1. The first-order valence-corrected chi connectivity index (χ1v) is 4.33. The summed E-state index contributed by atoms with van der Waals surface area (Å²) in [5.41, 5.74) is -0.533. The van der Waals surface area contributed by atoms with Gasteiger partial charge in [0.05, 0.1) is 17.4 Å². The van der Waals surface area contributed by atoms with Crippen LogP contribution < -0.4 is 10.5 Å². The zero-order chi connectivity index (χ0) is 15.0. The number of pyridine rings is 1. The van der Waals surface area contributed by atoms with E-state index in [2.05, 4.69) is 9.72 Å². The van der Waals surface area contributed by atoms with E-state index in [0.29, 0.717) is 0 Å². The number of ether oxygens (including phenoxy) is 1. The maximum atomic E-state index is 12.5. The Morgan fingerprint density at radius 2 is 1.63 bits per heavy atom. The minimum atomic E-state index is -5.30. The zero-order valence-electron chi connectivity index (χ0n) is 8.61. The van der Waals surface area contributed by atoms with E-state index in [4.69, 9.17) is 5.73 Å². The van der Waals surface area contributed by atoms with Crippen molar-refractivity contribution in [3.8, 4) is 5.75 Å². The topological polar surface area (TPSA) is 48.1 Å². The van der Waals surface area contributed by atoms with E-state index in [9.17, 15) is 35.1 Å². The Kier molecular flexibility index (Phi) is 3.77. The van der Waals surface area contributed by atoms with E-state index in [1.807, 2.05) is 0 Å². The highest BCUT2D eigenvalue weighted by Gasteiger charge is 2.41. The van der Waals surface area contributed by atoms with Gasteiger partial charge in [0, 0.05) is 0 Å². The summed E-state index contributed by atoms with van der Waals surface area (Å²) in [5.74, 6) is -1.42. The van der Waals surface area contributed by atoms with Gasteiger partial charge >= 0.3 is 12.5 Å². The zero-order valence-corrected chi connectivity index (χ0v) is 8.61. The van der Waals surface area contributed by atoms with Crippen molar-refractivity contribution in [1.29, 1.82) is 0 Å². The molecular weight excluding hydrogens is 292 g/mol. The lowest BCUT2D eigenvalue weighted by Gasteiger charge is -2.17. The van der Waals surface area contributed by atoms with Crippen LogP contribution in [0.2, 0.25) is 0 Å². The maximum Gasteiger partial charge on any atom is 0.573 e. The van der Waals surface area contributed by atoms with Crippen LogP contribution in [0.4, 0.5) is 40.8 Å². The SMILES string of the molecule is Nc1c(OC(F)(F)F)cnc(C(F)(F)F)c1C(F)F. The molecule has 11 heteroatoms. The fourth-order valence-electron chi connectivity index (χ4n) is 1.18. The number of nitrogens with two attached hydrogens (primary N) is 1. The number of nitrogens with zero attached hydrogens (tertiary/aromatic N) is 1. The third-order valence-electron chi connectivity index (χ3n) is 1.83. The smallest absolute Gasteiger partial charge is 0.402 e. The number of nitrogen functional groups attached to an aromatic ring is 1. The van der Waals surface area contributed by atoms with Gasteiger partial charge in [-0.1, -0.05) is 0 Å². The number of rotatable bonds is 2. The van der Waals surface area contributed by atoms with Crippen LogP contribution in [0.15, 0.2) is 6.20 Å². The Bertz CT molecular complexity index is 467. The van der Waals surface area contributed by atoms with Crippen LogP contribution in [0, 0.1) is 0 Å². The van der Waals surface area contributed by atoms with E-state index >= 15 is 0 Å². The lowest BCUT2D eigenvalue weighted by molar-refractivity contribution is -0.274. The van der Waals surface area contributed by atoms with Gasteiger partial charge in [0.1, 0.15) is 0 Å². The summed E-state index contributed by atoms with van der Waals surface area (Å²) >= 11 is 0. The van der Waals surface area contributed by atoms with Gasteiger partial charge in [-0.3, -0.25) is 0 Å². The van der Waals surface area contributed by atoms with Crippen molar-refractivity contribution in [3.05, 3.63) is 17.5 Å². The molecule has 0 bridgehead atoms. The molecule has 0 radical (unpaired) electrons. The molecule has 19 heavy (non-hydrogen) atoms. The van der Waals surface area contributed by atoms with Crippen molar-refractivity contribution in [2.75, 3.05) is 5.73 Å². The second-order valence-corrected chi connectivity index (χ2v) is 3.14. The summed E-state index contributed by atoms with van der Waals surface area (Å²) in [7, 11) is 0. The second kappa shape index (κ2) is 4.70. The highest BCUT2D eigenvalue weighted by atomic mass is 19.4. The molecule has 1 rings (SSSR count). The predicted molar refractivity (Wildman–Crippen MR) is 45.3 cm³/mol. The molecule has 0 atom stereocenters. The Hall–Kier alpha value is -1.81. The lowest BCUT2D eigenvalue weighted by Crippen LogP contribution is -2.20. The molecule has 0 aliphatic carbocycles. The fourth-order valence-corrected chi connectivity index (χ4v) is 1.18. The summed E-state index contributed by atoms with van der Waals surface area (Å²) in [6.45, 7) is 0. The average Bonchev–Trinajstić information content (AvgIpc) is 2.16. The molecule has 1 aromatic rings. The van der Waals surface area contributed by atoms with Crippen LogP contribution in [0.1, 0.15) is 17.7 Å². The lowest BCUT2D eigenvalue weighted by atomic mass is 10.1. The summed E-state index contributed by atoms with van der Waals surface area (Å²) < 4.78 is 101. The minimum absolute atomic E-state index is 0.0163. The Labute approximate surface area is 99.5 Å². The van der Waals surface area contributed by atoms with Crippen LogP contribution in [-0.2, 0) is 6.18 Å². The molecule has 3 nitrogen and oxygen atoms in total. The van der Waals surface area contributed by atoms with Crippen LogP contribution in [-0.4, -0.2) is 11.3 Å². The third kappa shape index (κ3) is 3.58. The van der Waals surface area contributed by atoms with Gasteiger partial charge in [-0.15, -0.1) is 13.2 Å². The second-order valence-electron chi connectivity index (χ2n) is 3.14. The van der Waals surface area contributed by atoms with E-state index in [1.165, 1.54) is 0 Å². The van der Waals surface area contributed by atoms with Crippen LogP contribution in [0.25, 0.3) is 0 Å². The van der Waals surface area contributed by atoms with E-state index in [1.54, 1.807) is 0 Å². The number of anilines is 1. The maximum absolute atomic E-state index is 12.5. The molecule has 0 spiro atoms. The van der Waals surface area contributed by atoms with Gasteiger partial charge in [-0.2, -0.15) is 13.2 Å². The van der Waals surface area contributed by atoms with Crippen LogP contribution in [0.5, 0.6) is 5.75 Å². The molecule has 1 aromatic heterocycles. The molecule has 0 saturated carbocycles. The quantitative estimate of drug-likeness (QED) is 0.849. The molecule has 2 N–H and O–H groups in total. The van der Waals surface area contributed by atoms with E-state index in [-0.39, 0.29) is 6.20 Å². The Morgan fingerprint density at radius 3 is 2.00 bits per heavy atom. The largest absolute Gasteiger partial charge is 0.573 e. The average molecular weight is 296 g/mol. The Morgan fingerprint density at radius 1 is 1.11 bits per heavy atom. The van der Waals surface area contributed by atoms with Gasteiger partial charge in [-0.25, -0.2) is 13.8 Å². The highest BCUT2D eigenvalue weighted by Crippen LogP contribution is 2.42. The number of hydrogen-bond acceptors (Lipinski definition) is 3. The highest BCUT2D eigenvalue weighted by molar-refractivity contribution is 5.60. The first kappa shape index (κ1) is 15.2. The van der Waals surface area contributed by atoms with Crippen molar-refractivity contribution in [2.45, 2.75) is 19.0 Å². The molecular formula is C8H4F8N2O. The van der Waals surface area contributed by atoms with Crippen molar-refractivity contribution in [3.63, 3.8) is 0 Å². The number of aromatic nitrogens is 1. The van der Waals surface area contributed by atoms with Gasteiger partial charge < -0.3 is 10.5 Å². The molecule has 0 fully saturated rings. The summed E-state index contributed by atoms with van der Waals surface area (Å²) in [5, 5.41) is 0. The molecule has 0 aliphatic rings. The molecule has 1 heterocycles. The van der Waals surface area contributed by atoms with Crippen LogP contribution >= 0.6 is 0 Å². The third-order valence-corrected chi connectivity index (χ3v) is 1.83. The normalized spacial score (nSPS) is 12.9. The molecule has 0 amide bonds. The summed E-state index contributed by atoms with van der Waals surface area (Å²) in [6, 6.07) is 0. The van der Waals surface area contributed by atoms with Crippen molar-refractivity contribution in [2.24, 2.45) is 0 Å². The summed E-state index contributed by atoms with van der Waals surface area (Å²) in [6.07, 6.45) is -14.4. The first-order valence-electron chi connectivity index (χ1n) is 4.33. The molecule has 0 saturated heterocycles. The first-order chi connectivity index (χ1) is 8.43. The van der Waals surface area contributed by atoms with Crippen molar-refractivity contribution < 1.29 is 39.9 Å². The fraction of sp³-hybridized carbons (Fsp3) is 0.375. The molecule has 0 unspecified atom stereocenters. The van der Waals surface area contributed by atoms with E-state index in [0.717, 1.165) is 0 Å². The Balaban J connectivity index is 3.40. The number of alkyl halides is 8. The molecule has 0 aliphatic heterocycles. The molecule has 0 aromatic carbocycles. The van der Waals surface area contributed by atoms with Gasteiger partial charge in [0.25, 0.3) is 6.43 Å². The summed E-state index contributed by atoms with van der Waals surface area (Å²) in [4.78, 5) is 2.51.